The highest BCUT2D eigenvalue weighted by Crippen LogP contribution is 2.42. The average Bonchev–Trinajstić information content (AvgIpc) is 2.71. The van der Waals surface area contributed by atoms with Gasteiger partial charge in [0.2, 0.25) is 0 Å². The van der Waals surface area contributed by atoms with Gasteiger partial charge in [-0.05, 0) is 61.6 Å². The third-order valence-corrected chi connectivity index (χ3v) is 5.62. The van der Waals surface area contributed by atoms with Gasteiger partial charge < -0.3 is 0 Å². The topological polar surface area (TPSA) is 30.0 Å². The molecule has 2 aromatic rings. The van der Waals surface area contributed by atoms with E-state index < -0.39 is 34.8 Å². The second-order valence-electron chi connectivity index (χ2n) is 7.55. The molecule has 0 saturated heterocycles. The van der Waals surface area contributed by atoms with Crippen molar-refractivity contribution in [2.45, 2.75) is 56.8 Å². The molecule has 1 saturated carbocycles. The third kappa shape index (κ3) is 5.13. The van der Waals surface area contributed by atoms with Gasteiger partial charge in [-0.3, -0.25) is 4.79 Å². The van der Waals surface area contributed by atoms with Crippen molar-refractivity contribution in [1.82, 2.24) is 4.98 Å². The summed E-state index contributed by atoms with van der Waals surface area (Å²) in [7, 11) is 0. The van der Waals surface area contributed by atoms with Crippen molar-refractivity contribution in [3.05, 3.63) is 65.0 Å². The van der Waals surface area contributed by atoms with Crippen LogP contribution >= 0.6 is 0 Å². The van der Waals surface area contributed by atoms with Crippen LogP contribution in [0.4, 0.5) is 26.3 Å². The molecule has 1 heterocycles. The number of carbonyl (C=O) groups is 1. The largest absolute Gasteiger partial charge is 0.425 e. The predicted molar refractivity (Wildman–Crippen MR) is 96.6 cm³/mol. The van der Waals surface area contributed by atoms with E-state index >= 15 is 0 Å². The van der Waals surface area contributed by atoms with E-state index in [0.717, 1.165) is 12.3 Å². The van der Waals surface area contributed by atoms with E-state index in [-0.39, 0.29) is 23.8 Å². The number of hydrogen-bond donors (Lipinski definition) is 0. The van der Waals surface area contributed by atoms with Crippen LogP contribution in [0.2, 0.25) is 0 Å². The number of ketones is 1. The number of rotatable bonds is 5. The van der Waals surface area contributed by atoms with Crippen molar-refractivity contribution in [2.75, 3.05) is 0 Å². The highest BCUT2D eigenvalue weighted by atomic mass is 19.4. The Kier molecular flexibility index (Phi) is 6.39. The lowest BCUT2D eigenvalue weighted by Gasteiger charge is -2.30. The van der Waals surface area contributed by atoms with Gasteiger partial charge in [-0.15, -0.1) is 0 Å². The average molecular weight is 427 g/mol. The molecule has 1 aliphatic rings. The first-order chi connectivity index (χ1) is 14.1. The van der Waals surface area contributed by atoms with Crippen LogP contribution in [0.25, 0.3) is 0 Å². The van der Waals surface area contributed by atoms with E-state index in [4.69, 9.17) is 0 Å². The molecule has 1 fully saturated rings. The van der Waals surface area contributed by atoms with Crippen molar-refractivity contribution in [2.24, 2.45) is 5.92 Å². The standard InChI is InChI=1S/C22H19F6NO/c23-21(24,25)18-4-2-1-3-16(18)15-8-5-14(6-9-15)7-10-20(30)17-13-29-12-11-19(17)22(26,27)28/h1-4,13-15H,5-10H2. The van der Waals surface area contributed by atoms with Crippen LogP contribution in [0.1, 0.15) is 71.5 Å². The molecule has 2 nitrogen and oxygen atoms in total. The molecule has 0 amide bonds. The van der Waals surface area contributed by atoms with Gasteiger partial charge in [-0.1, -0.05) is 18.2 Å². The number of carbonyl (C=O) groups excluding carboxylic acids is 1. The van der Waals surface area contributed by atoms with Gasteiger partial charge in [0.15, 0.2) is 5.78 Å². The van der Waals surface area contributed by atoms with Gasteiger partial charge in [0.1, 0.15) is 5.56 Å². The number of halogens is 6. The highest BCUT2D eigenvalue weighted by Gasteiger charge is 2.37. The lowest BCUT2D eigenvalue weighted by molar-refractivity contribution is -0.139. The number of nitrogens with zero attached hydrogens (tertiary/aromatic N) is 1. The molecule has 1 aromatic heterocycles. The maximum absolute atomic E-state index is 13.2. The zero-order valence-corrected chi connectivity index (χ0v) is 15.9. The Bertz CT molecular complexity index is 882. The summed E-state index contributed by atoms with van der Waals surface area (Å²) in [6.45, 7) is 0. The second kappa shape index (κ2) is 8.66. The molecule has 1 aliphatic carbocycles. The van der Waals surface area contributed by atoms with E-state index in [9.17, 15) is 31.1 Å². The van der Waals surface area contributed by atoms with E-state index in [2.05, 4.69) is 4.98 Å². The van der Waals surface area contributed by atoms with Gasteiger partial charge in [-0.25, -0.2) is 4.98 Å². The minimum Gasteiger partial charge on any atom is -0.294 e. The summed E-state index contributed by atoms with van der Waals surface area (Å²) in [4.78, 5) is 15.7. The molecule has 0 spiro atoms. The van der Waals surface area contributed by atoms with Crippen LogP contribution in [0, 0.1) is 18.2 Å². The molecule has 0 N–H and O–H groups in total. The van der Waals surface area contributed by atoms with Crippen molar-refractivity contribution >= 4 is 5.78 Å². The quantitative estimate of drug-likeness (QED) is 0.395. The summed E-state index contributed by atoms with van der Waals surface area (Å²) in [5, 5.41) is 0. The smallest absolute Gasteiger partial charge is 0.294 e. The molecular weight excluding hydrogens is 408 g/mol. The summed E-state index contributed by atoms with van der Waals surface area (Å²) in [6.07, 6.45) is -3.61. The van der Waals surface area contributed by atoms with Crippen LogP contribution in [0.15, 0.2) is 30.5 Å². The van der Waals surface area contributed by atoms with Crippen LogP contribution in [0.3, 0.4) is 0 Å². The number of Topliss-reactive ketones (excluding diaryl/α,β-unsaturated/α-hetero) is 1. The van der Waals surface area contributed by atoms with E-state index in [1.54, 1.807) is 6.07 Å². The van der Waals surface area contributed by atoms with Crippen LogP contribution in [0.5, 0.6) is 0 Å². The fourth-order valence-electron chi connectivity index (χ4n) is 4.10. The Morgan fingerprint density at radius 2 is 1.67 bits per heavy atom. The Morgan fingerprint density at radius 3 is 2.30 bits per heavy atom. The monoisotopic (exact) mass is 427 g/mol. The zero-order chi connectivity index (χ0) is 21.9. The summed E-state index contributed by atoms with van der Waals surface area (Å²) < 4.78 is 78.8. The lowest BCUT2D eigenvalue weighted by atomic mass is 9.76. The molecule has 0 radical (unpaired) electrons. The third-order valence-electron chi connectivity index (χ3n) is 5.62. The first kappa shape index (κ1) is 22.1. The summed E-state index contributed by atoms with van der Waals surface area (Å²) >= 11 is 0. The fraction of sp³-hybridized carbons (Fsp3) is 0.455. The van der Waals surface area contributed by atoms with Gasteiger partial charge in [0, 0.05) is 18.8 Å². The molecule has 0 aliphatic heterocycles. The fourth-order valence-corrected chi connectivity index (χ4v) is 4.10. The Hall–Kier alpha value is -2.56. The lowest BCUT2D eigenvalue weighted by Crippen LogP contribution is -2.18. The minimum absolute atomic E-state index is 0.0723. The normalized spacial score (nSPS) is 19.9. The van der Waals surface area contributed by atoms with Crippen LogP contribution < -0.4 is 0 Å². The van der Waals surface area contributed by atoms with Gasteiger partial charge in [-0.2, -0.15) is 26.3 Å². The summed E-state index contributed by atoms with van der Waals surface area (Å²) in [6, 6.07) is 7.41. The SMILES string of the molecule is O=C(CCC1CCC(c2ccccc2C(F)(F)F)CC1)c1cnc#cc1C(F)(F)F. The molecular formula is C22H19F6NO. The maximum Gasteiger partial charge on any atom is 0.425 e. The second-order valence-corrected chi connectivity index (χ2v) is 7.55. The Balaban J connectivity index is 1.59. The first-order valence-electron chi connectivity index (χ1n) is 9.62. The molecule has 0 unspecified atom stereocenters. The van der Waals surface area contributed by atoms with Gasteiger partial charge in [0.05, 0.1) is 11.1 Å². The molecule has 3 rings (SSSR count). The summed E-state index contributed by atoms with van der Waals surface area (Å²) in [5.74, 6) is -0.788. The number of alkyl halides is 6. The molecule has 1 aromatic carbocycles. The molecule has 30 heavy (non-hydrogen) atoms. The molecule has 0 bridgehead atoms. The first-order valence-corrected chi connectivity index (χ1v) is 9.62. The van der Waals surface area contributed by atoms with Gasteiger partial charge in [0.25, 0.3) is 0 Å². The van der Waals surface area contributed by atoms with Gasteiger partial charge >= 0.3 is 12.4 Å². The van der Waals surface area contributed by atoms with Crippen molar-refractivity contribution in [3.8, 4) is 0 Å². The van der Waals surface area contributed by atoms with Crippen molar-refractivity contribution in [1.29, 1.82) is 0 Å². The number of hydrogen-bond acceptors (Lipinski definition) is 2. The Labute approximate surface area is 170 Å². The van der Waals surface area contributed by atoms with E-state index in [1.807, 2.05) is 12.3 Å². The summed E-state index contributed by atoms with van der Waals surface area (Å²) in [5.41, 5.74) is -2.02. The van der Waals surface area contributed by atoms with Crippen molar-refractivity contribution in [3.63, 3.8) is 0 Å². The number of benzene rings is 1. The van der Waals surface area contributed by atoms with E-state index in [1.165, 1.54) is 12.1 Å². The zero-order valence-electron chi connectivity index (χ0n) is 15.9. The maximum atomic E-state index is 13.2. The van der Waals surface area contributed by atoms with E-state index in [0.29, 0.717) is 32.1 Å². The van der Waals surface area contributed by atoms with Crippen molar-refractivity contribution < 1.29 is 31.1 Å². The number of aromatic nitrogens is 1. The van der Waals surface area contributed by atoms with Crippen LogP contribution in [-0.2, 0) is 12.4 Å². The predicted octanol–water partition coefficient (Wildman–Crippen LogP) is 6.66. The van der Waals surface area contributed by atoms with Crippen LogP contribution in [-0.4, -0.2) is 10.8 Å². The molecule has 0 atom stereocenters. The highest BCUT2D eigenvalue weighted by molar-refractivity contribution is 5.97. The molecule has 160 valence electrons. The Morgan fingerprint density at radius 1 is 1.00 bits per heavy atom. The molecule has 8 heteroatoms. The minimum atomic E-state index is -4.71.